The average Bonchev–Trinajstić information content (AvgIpc) is 3.47. The van der Waals surface area contributed by atoms with Crippen molar-refractivity contribution in [2.45, 2.75) is 4.90 Å². The summed E-state index contributed by atoms with van der Waals surface area (Å²) in [5.74, 6) is 0. The minimum Gasteiger partial charge on any atom is -0.361 e. The summed E-state index contributed by atoms with van der Waals surface area (Å²) in [6, 6.07) is 22.4. The Morgan fingerprint density at radius 1 is 0.710 bits per heavy atom. The molecule has 0 fully saturated rings. The van der Waals surface area contributed by atoms with Gasteiger partial charge in [-0.3, -0.25) is 9.59 Å². The van der Waals surface area contributed by atoms with E-state index in [4.69, 9.17) is 0 Å². The number of H-pyrrole nitrogens is 1. The molecule has 7 heteroatoms. The Bertz CT molecular complexity index is 1480. The molecule has 0 atom stereocenters. The van der Waals surface area contributed by atoms with Crippen LogP contribution in [0.2, 0.25) is 0 Å². The molecule has 0 spiro atoms. The minimum atomic E-state index is -3.65. The molecule has 6 nitrogen and oxygen atoms in total. The van der Waals surface area contributed by atoms with Crippen molar-refractivity contribution in [2.75, 3.05) is 0 Å². The third-order valence-corrected chi connectivity index (χ3v) is 6.62. The van der Waals surface area contributed by atoms with Gasteiger partial charge in [0.2, 0.25) is 0 Å². The molecule has 0 saturated carbocycles. The van der Waals surface area contributed by atoms with Crippen LogP contribution in [-0.4, -0.2) is 29.9 Å². The highest BCUT2D eigenvalue weighted by Gasteiger charge is 2.18. The molecule has 5 rings (SSSR count). The number of aromatic nitrogens is 2. The molecule has 3 aromatic carbocycles. The van der Waals surface area contributed by atoms with Crippen LogP contribution in [0.3, 0.4) is 0 Å². The summed E-state index contributed by atoms with van der Waals surface area (Å²) in [5, 5.41) is 1.62. The van der Waals surface area contributed by atoms with Crippen LogP contribution in [-0.2, 0) is 10.0 Å². The van der Waals surface area contributed by atoms with Crippen LogP contribution in [0, 0.1) is 0 Å². The van der Waals surface area contributed by atoms with Gasteiger partial charge in [-0.25, -0.2) is 12.4 Å². The minimum absolute atomic E-state index is 0.217. The van der Waals surface area contributed by atoms with E-state index in [9.17, 15) is 18.0 Å². The van der Waals surface area contributed by atoms with Gasteiger partial charge < -0.3 is 4.98 Å². The molecule has 1 N–H and O–H groups in total. The fourth-order valence-electron chi connectivity index (χ4n) is 3.40. The Balaban J connectivity index is 0.000000177. The zero-order valence-electron chi connectivity index (χ0n) is 16.3. The van der Waals surface area contributed by atoms with Crippen molar-refractivity contribution in [1.29, 1.82) is 0 Å². The van der Waals surface area contributed by atoms with Crippen molar-refractivity contribution in [3.05, 3.63) is 102 Å². The summed E-state index contributed by atoms with van der Waals surface area (Å²) in [7, 11) is -3.65. The molecule has 0 saturated heterocycles. The van der Waals surface area contributed by atoms with Crippen LogP contribution >= 0.6 is 0 Å². The first-order valence-corrected chi connectivity index (χ1v) is 10.9. The van der Waals surface area contributed by atoms with Gasteiger partial charge in [-0.1, -0.05) is 42.5 Å². The van der Waals surface area contributed by atoms with E-state index in [1.807, 2.05) is 30.5 Å². The maximum Gasteiger partial charge on any atom is 0.268 e. The van der Waals surface area contributed by atoms with Crippen LogP contribution < -0.4 is 0 Å². The van der Waals surface area contributed by atoms with E-state index >= 15 is 0 Å². The van der Waals surface area contributed by atoms with E-state index in [0.29, 0.717) is 16.5 Å². The maximum atomic E-state index is 12.6. The van der Waals surface area contributed by atoms with Crippen molar-refractivity contribution in [3.63, 3.8) is 0 Å². The first-order chi connectivity index (χ1) is 15.1. The monoisotopic (exact) mass is 430 g/mol. The molecule has 2 aromatic heterocycles. The fraction of sp³-hybridized carbons (Fsp3) is 0. The quantitative estimate of drug-likeness (QED) is 0.420. The first-order valence-electron chi connectivity index (χ1n) is 9.43. The molecule has 2 heterocycles. The van der Waals surface area contributed by atoms with E-state index in [2.05, 4.69) is 4.98 Å². The SMILES string of the molecule is O=Cc1cccc2[nH]ccc12.O=Cc1cccc2c1ccn2S(=O)(=O)c1ccccc1. The van der Waals surface area contributed by atoms with Gasteiger partial charge in [0, 0.05) is 39.8 Å². The summed E-state index contributed by atoms with van der Waals surface area (Å²) in [5.41, 5.74) is 2.72. The molecule has 0 aliphatic rings. The number of benzene rings is 3. The van der Waals surface area contributed by atoms with E-state index in [1.165, 1.54) is 10.2 Å². The van der Waals surface area contributed by atoms with Crippen LogP contribution in [0.5, 0.6) is 0 Å². The Labute approximate surface area is 178 Å². The number of hydrogen-bond acceptors (Lipinski definition) is 4. The second-order valence-electron chi connectivity index (χ2n) is 6.73. The topological polar surface area (TPSA) is 89.0 Å². The molecule has 0 amide bonds. The fourth-order valence-corrected chi connectivity index (χ4v) is 4.77. The molecule has 0 radical (unpaired) electrons. The Kier molecular flexibility index (Phi) is 5.51. The molecule has 0 aliphatic carbocycles. The van der Waals surface area contributed by atoms with Gasteiger partial charge in [0.15, 0.2) is 12.6 Å². The third-order valence-electron chi connectivity index (χ3n) is 4.91. The van der Waals surface area contributed by atoms with Crippen molar-refractivity contribution < 1.29 is 18.0 Å². The predicted octanol–water partition coefficient (Wildman–Crippen LogP) is 4.67. The van der Waals surface area contributed by atoms with Gasteiger partial charge >= 0.3 is 0 Å². The average molecular weight is 430 g/mol. The molecule has 0 aliphatic heterocycles. The Morgan fingerprint density at radius 3 is 2.10 bits per heavy atom. The zero-order valence-corrected chi connectivity index (χ0v) is 17.1. The number of carbonyl (C=O) groups is 2. The standard InChI is InChI=1S/C15H11NO3S.C9H7NO/c17-11-12-5-4-8-15-14(12)9-10-16(15)20(18,19)13-6-2-1-3-7-13;11-6-7-2-1-3-9-8(7)4-5-10-9/h1-11H;1-6,10H. The summed E-state index contributed by atoms with van der Waals surface area (Å²) in [6.45, 7) is 0. The smallest absolute Gasteiger partial charge is 0.268 e. The van der Waals surface area contributed by atoms with E-state index in [1.54, 1.807) is 54.6 Å². The normalized spacial score (nSPS) is 11.1. The number of fused-ring (bicyclic) bond motifs is 2. The van der Waals surface area contributed by atoms with Gasteiger partial charge in [-0.05, 0) is 36.4 Å². The van der Waals surface area contributed by atoms with Gasteiger partial charge in [-0.2, -0.15) is 0 Å². The number of rotatable bonds is 4. The molecule has 0 bridgehead atoms. The molecular weight excluding hydrogens is 412 g/mol. The highest BCUT2D eigenvalue weighted by Crippen LogP contribution is 2.24. The zero-order chi connectivity index (χ0) is 21.8. The van der Waals surface area contributed by atoms with E-state index < -0.39 is 10.0 Å². The van der Waals surface area contributed by atoms with Gasteiger partial charge in [-0.15, -0.1) is 0 Å². The summed E-state index contributed by atoms with van der Waals surface area (Å²) in [6.07, 6.45) is 4.90. The lowest BCUT2D eigenvalue weighted by atomic mass is 10.1. The van der Waals surface area contributed by atoms with Gasteiger partial charge in [0.25, 0.3) is 10.0 Å². The largest absolute Gasteiger partial charge is 0.361 e. The lowest BCUT2D eigenvalue weighted by molar-refractivity contribution is 0.111. The second kappa shape index (κ2) is 8.41. The lowest BCUT2D eigenvalue weighted by Crippen LogP contribution is -2.11. The number of aromatic amines is 1. The number of carbonyl (C=O) groups excluding carboxylic acids is 2. The second-order valence-corrected chi connectivity index (χ2v) is 8.55. The van der Waals surface area contributed by atoms with E-state index in [0.717, 1.165) is 29.0 Å². The number of nitrogens with zero attached hydrogens (tertiary/aromatic N) is 1. The summed E-state index contributed by atoms with van der Waals surface area (Å²) >= 11 is 0. The molecule has 31 heavy (non-hydrogen) atoms. The maximum absolute atomic E-state index is 12.6. The summed E-state index contributed by atoms with van der Waals surface area (Å²) < 4.78 is 26.4. The van der Waals surface area contributed by atoms with E-state index in [-0.39, 0.29) is 4.90 Å². The molecule has 154 valence electrons. The van der Waals surface area contributed by atoms with Gasteiger partial charge in [0.1, 0.15) is 0 Å². The van der Waals surface area contributed by atoms with Crippen molar-refractivity contribution in [3.8, 4) is 0 Å². The number of aldehydes is 2. The van der Waals surface area contributed by atoms with Gasteiger partial charge in [0.05, 0.1) is 10.4 Å². The van der Waals surface area contributed by atoms with Crippen molar-refractivity contribution in [2.24, 2.45) is 0 Å². The summed E-state index contributed by atoms with van der Waals surface area (Å²) in [4.78, 5) is 24.7. The molecular formula is C24H18N2O4S. The third kappa shape index (κ3) is 3.78. The first kappa shape index (κ1) is 20.3. The predicted molar refractivity (Wildman–Crippen MR) is 120 cm³/mol. The van der Waals surface area contributed by atoms with Crippen LogP contribution in [0.25, 0.3) is 21.8 Å². The van der Waals surface area contributed by atoms with Crippen LogP contribution in [0.15, 0.2) is 96.2 Å². The molecule has 5 aromatic rings. The van der Waals surface area contributed by atoms with Crippen molar-refractivity contribution in [1.82, 2.24) is 8.96 Å². The lowest BCUT2D eigenvalue weighted by Gasteiger charge is -2.07. The molecule has 0 unspecified atom stereocenters. The highest BCUT2D eigenvalue weighted by molar-refractivity contribution is 7.90. The Hall–Kier alpha value is -3.97. The van der Waals surface area contributed by atoms with Crippen LogP contribution in [0.1, 0.15) is 20.7 Å². The highest BCUT2D eigenvalue weighted by atomic mass is 32.2. The van der Waals surface area contributed by atoms with Crippen LogP contribution in [0.4, 0.5) is 0 Å². The number of nitrogens with one attached hydrogen (secondary N) is 1. The Morgan fingerprint density at radius 2 is 1.39 bits per heavy atom. The van der Waals surface area contributed by atoms with Crippen molar-refractivity contribution >= 4 is 44.4 Å². The number of hydrogen-bond donors (Lipinski definition) is 1.